The molecule has 5 nitrogen and oxygen atoms in total. The lowest BCUT2D eigenvalue weighted by molar-refractivity contribution is -0.120. The highest BCUT2D eigenvalue weighted by Crippen LogP contribution is 2.26. The number of carbonyl (C=O) groups excluding carboxylic acids is 1. The Balaban J connectivity index is 1.51. The summed E-state index contributed by atoms with van der Waals surface area (Å²) in [6.07, 6.45) is 0.846. The molecule has 1 N–H and O–H groups in total. The van der Waals surface area contributed by atoms with Crippen molar-refractivity contribution in [1.29, 1.82) is 0 Å². The zero-order valence-corrected chi connectivity index (χ0v) is 15.7. The third-order valence-corrected chi connectivity index (χ3v) is 5.47. The van der Waals surface area contributed by atoms with Gasteiger partial charge >= 0.3 is 0 Å². The molecule has 2 heterocycles. The molecule has 25 heavy (non-hydrogen) atoms. The molecular formula is C18H19N3O2S2. The highest BCUT2D eigenvalue weighted by molar-refractivity contribution is 8.00. The maximum Gasteiger partial charge on any atom is 0.277 e. The largest absolute Gasteiger partial charge is 0.411 e. The predicted octanol–water partition coefficient (Wildman–Crippen LogP) is 3.95. The molecule has 0 bridgehead atoms. The number of hydrogen-bond acceptors (Lipinski definition) is 6. The fraction of sp³-hybridized carbons (Fsp3) is 0.278. The number of thiophene rings is 1. The summed E-state index contributed by atoms with van der Waals surface area (Å²) in [5, 5.41) is 13.2. The van der Waals surface area contributed by atoms with E-state index in [0.717, 1.165) is 12.0 Å². The van der Waals surface area contributed by atoms with Crippen LogP contribution in [0.2, 0.25) is 0 Å². The average molecular weight is 374 g/mol. The zero-order valence-electron chi connectivity index (χ0n) is 14.1. The van der Waals surface area contributed by atoms with Crippen molar-refractivity contribution in [2.24, 2.45) is 0 Å². The van der Waals surface area contributed by atoms with Gasteiger partial charge in [0.05, 0.1) is 5.25 Å². The molecule has 3 aromatic rings. The molecule has 7 heteroatoms. The molecule has 1 amide bonds. The van der Waals surface area contributed by atoms with Gasteiger partial charge in [-0.25, -0.2) is 0 Å². The molecule has 1 unspecified atom stereocenters. The highest BCUT2D eigenvalue weighted by atomic mass is 32.2. The lowest BCUT2D eigenvalue weighted by atomic mass is 10.1. The zero-order chi connectivity index (χ0) is 17.6. The second-order valence-electron chi connectivity index (χ2n) is 5.62. The number of benzene rings is 1. The van der Waals surface area contributed by atoms with Crippen molar-refractivity contribution in [2.45, 2.75) is 30.7 Å². The topological polar surface area (TPSA) is 68.0 Å². The Morgan fingerprint density at radius 2 is 2.08 bits per heavy atom. The van der Waals surface area contributed by atoms with Crippen LogP contribution >= 0.6 is 23.1 Å². The number of aryl methyl sites for hydroxylation is 1. The van der Waals surface area contributed by atoms with E-state index in [2.05, 4.69) is 21.6 Å². The quantitative estimate of drug-likeness (QED) is 0.635. The van der Waals surface area contributed by atoms with Gasteiger partial charge in [0.25, 0.3) is 5.22 Å². The summed E-state index contributed by atoms with van der Waals surface area (Å²) in [5.74, 6) is 0.435. The fourth-order valence-electron chi connectivity index (χ4n) is 2.18. The first-order valence-corrected chi connectivity index (χ1v) is 9.75. The Morgan fingerprint density at radius 3 is 2.80 bits per heavy atom. The van der Waals surface area contributed by atoms with Crippen molar-refractivity contribution in [1.82, 2.24) is 15.5 Å². The number of rotatable bonds is 7. The molecule has 0 fully saturated rings. The van der Waals surface area contributed by atoms with E-state index in [1.807, 2.05) is 49.6 Å². The predicted molar refractivity (Wildman–Crippen MR) is 101 cm³/mol. The summed E-state index contributed by atoms with van der Waals surface area (Å²) in [5.41, 5.74) is 2.05. The molecule has 0 aliphatic carbocycles. The normalized spacial score (nSPS) is 12.1. The van der Waals surface area contributed by atoms with E-state index in [-0.39, 0.29) is 11.2 Å². The first kappa shape index (κ1) is 17.7. The smallest absolute Gasteiger partial charge is 0.277 e. The Labute approximate surface area is 154 Å². The van der Waals surface area contributed by atoms with Crippen LogP contribution in [0.15, 0.2) is 51.4 Å². The van der Waals surface area contributed by atoms with Crippen LogP contribution < -0.4 is 5.32 Å². The molecule has 130 valence electrons. The minimum Gasteiger partial charge on any atom is -0.411 e. The molecule has 0 aliphatic heterocycles. The molecule has 0 spiro atoms. The van der Waals surface area contributed by atoms with Gasteiger partial charge in [-0.3, -0.25) is 4.79 Å². The summed E-state index contributed by atoms with van der Waals surface area (Å²) >= 11 is 2.97. The van der Waals surface area contributed by atoms with Crippen LogP contribution in [0.1, 0.15) is 17.4 Å². The summed E-state index contributed by atoms with van der Waals surface area (Å²) in [6.45, 7) is 4.49. The molecule has 2 aromatic heterocycles. The van der Waals surface area contributed by atoms with E-state index >= 15 is 0 Å². The molecule has 1 aromatic carbocycles. The van der Waals surface area contributed by atoms with Crippen molar-refractivity contribution in [2.75, 3.05) is 6.54 Å². The lowest BCUT2D eigenvalue weighted by Crippen LogP contribution is -2.32. The maximum absolute atomic E-state index is 12.2. The van der Waals surface area contributed by atoms with E-state index in [0.29, 0.717) is 17.7 Å². The number of nitrogens with one attached hydrogen (secondary N) is 1. The summed E-state index contributed by atoms with van der Waals surface area (Å²) in [7, 11) is 0. The molecule has 0 saturated carbocycles. The fourth-order valence-corrected chi connectivity index (χ4v) is 3.60. The summed E-state index contributed by atoms with van der Waals surface area (Å²) in [6, 6.07) is 12.0. The lowest BCUT2D eigenvalue weighted by Gasteiger charge is -2.09. The number of hydrogen-bond donors (Lipinski definition) is 1. The Hall–Kier alpha value is -2.12. The van der Waals surface area contributed by atoms with Crippen molar-refractivity contribution in [3.8, 4) is 11.5 Å². The number of amides is 1. The van der Waals surface area contributed by atoms with Crippen LogP contribution in [-0.4, -0.2) is 27.9 Å². The molecule has 0 radical (unpaired) electrons. The Kier molecular flexibility index (Phi) is 5.88. The third-order valence-electron chi connectivity index (χ3n) is 3.60. The van der Waals surface area contributed by atoms with Gasteiger partial charge in [0, 0.05) is 17.0 Å². The molecule has 1 atom stereocenters. The minimum absolute atomic E-state index is 0.0309. The SMILES string of the molecule is Cc1ccc(-c2nnc(SC(C)C(=O)NCCc3cccs3)o2)cc1. The summed E-state index contributed by atoms with van der Waals surface area (Å²) in [4.78, 5) is 13.4. The second kappa shape index (κ2) is 8.31. The van der Waals surface area contributed by atoms with Crippen molar-refractivity contribution < 1.29 is 9.21 Å². The first-order chi connectivity index (χ1) is 12.1. The van der Waals surface area contributed by atoms with Crippen LogP contribution in [0.5, 0.6) is 0 Å². The van der Waals surface area contributed by atoms with Gasteiger partial charge in [0.15, 0.2) is 0 Å². The average Bonchev–Trinajstić information content (AvgIpc) is 3.27. The monoisotopic (exact) mass is 373 g/mol. The van der Waals surface area contributed by atoms with Crippen LogP contribution in [0.3, 0.4) is 0 Å². The molecule has 3 rings (SSSR count). The van der Waals surface area contributed by atoms with E-state index in [1.54, 1.807) is 11.3 Å². The van der Waals surface area contributed by atoms with Gasteiger partial charge in [-0.2, -0.15) is 0 Å². The number of aromatic nitrogens is 2. The van der Waals surface area contributed by atoms with Crippen molar-refractivity contribution in [3.05, 3.63) is 52.2 Å². The van der Waals surface area contributed by atoms with Gasteiger partial charge < -0.3 is 9.73 Å². The van der Waals surface area contributed by atoms with Gasteiger partial charge in [-0.05, 0) is 43.8 Å². The van der Waals surface area contributed by atoms with Gasteiger partial charge in [0.1, 0.15) is 0 Å². The van der Waals surface area contributed by atoms with Gasteiger partial charge in [-0.1, -0.05) is 35.5 Å². The number of nitrogens with zero attached hydrogens (tertiary/aromatic N) is 2. The maximum atomic E-state index is 12.2. The standard InChI is InChI=1S/C18H19N3O2S2/c1-12-5-7-14(8-6-12)17-20-21-18(23-17)25-13(2)16(22)19-10-9-15-4-3-11-24-15/h3-8,11,13H,9-10H2,1-2H3,(H,19,22). The molecule has 0 saturated heterocycles. The first-order valence-electron chi connectivity index (χ1n) is 7.99. The van der Waals surface area contributed by atoms with Crippen LogP contribution in [0, 0.1) is 6.92 Å². The van der Waals surface area contributed by atoms with Crippen LogP contribution in [-0.2, 0) is 11.2 Å². The molecule has 0 aliphatic rings. The second-order valence-corrected chi connectivity index (χ2v) is 7.94. The minimum atomic E-state index is -0.297. The number of thioether (sulfide) groups is 1. The van der Waals surface area contributed by atoms with Crippen molar-refractivity contribution in [3.63, 3.8) is 0 Å². The van der Waals surface area contributed by atoms with E-state index in [4.69, 9.17) is 4.42 Å². The molecular weight excluding hydrogens is 354 g/mol. The number of carbonyl (C=O) groups is 1. The van der Waals surface area contributed by atoms with Crippen LogP contribution in [0.25, 0.3) is 11.5 Å². The van der Waals surface area contributed by atoms with Crippen LogP contribution in [0.4, 0.5) is 0 Å². The van der Waals surface area contributed by atoms with E-state index in [1.165, 1.54) is 22.2 Å². The van der Waals surface area contributed by atoms with E-state index < -0.39 is 0 Å². The Bertz CT molecular complexity index is 813. The summed E-state index contributed by atoms with van der Waals surface area (Å²) < 4.78 is 5.66. The third kappa shape index (κ3) is 4.93. The highest BCUT2D eigenvalue weighted by Gasteiger charge is 2.18. The van der Waals surface area contributed by atoms with Gasteiger partial charge in [0.2, 0.25) is 11.8 Å². The van der Waals surface area contributed by atoms with Gasteiger partial charge in [-0.15, -0.1) is 21.5 Å². The Morgan fingerprint density at radius 1 is 1.28 bits per heavy atom. The van der Waals surface area contributed by atoms with Crippen molar-refractivity contribution >= 4 is 29.0 Å². The van der Waals surface area contributed by atoms with E-state index in [9.17, 15) is 4.79 Å².